The van der Waals surface area contributed by atoms with Crippen LogP contribution in [0.25, 0.3) is 0 Å². The van der Waals surface area contributed by atoms with Crippen LogP contribution in [0.2, 0.25) is 0 Å². The van der Waals surface area contributed by atoms with Crippen LogP contribution in [-0.2, 0) is 6.42 Å². The number of aliphatic hydroxyl groups excluding tert-OH is 1. The van der Waals surface area contributed by atoms with Gasteiger partial charge in [0, 0.05) is 6.04 Å². The van der Waals surface area contributed by atoms with E-state index >= 15 is 0 Å². The lowest BCUT2D eigenvalue weighted by atomic mass is 9.99. The van der Waals surface area contributed by atoms with Crippen LogP contribution in [-0.4, -0.2) is 23.4 Å². The minimum absolute atomic E-state index is 0.103. The maximum Gasteiger partial charge on any atom is 0.119 e. The third-order valence-corrected chi connectivity index (χ3v) is 3.14. The Hall–Kier alpha value is -1.06. The van der Waals surface area contributed by atoms with Crippen molar-refractivity contribution in [1.82, 2.24) is 0 Å². The number of hydrogen-bond donors (Lipinski definition) is 2. The highest BCUT2D eigenvalue weighted by molar-refractivity contribution is 5.27. The molecule has 0 spiro atoms. The summed E-state index contributed by atoms with van der Waals surface area (Å²) in [5, 5.41) is 9.93. The zero-order valence-electron chi connectivity index (χ0n) is 12.3. The summed E-state index contributed by atoms with van der Waals surface area (Å²) < 4.78 is 5.60. The molecule has 108 valence electrons. The summed E-state index contributed by atoms with van der Waals surface area (Å²) in [5.74, 6) is 0.891. The molecule has 0 bridgehead atoms. The SMILES string of the molecule is CCCC(N)C(O)CCc1ccc(OC(C)C)cc1. The summed E-state index contributed by atoms with van der Waals surface area (Å²) in [6.07, 6.45) is 3.24. The topological polar surface area (TPSA) is 55.5 Å². The van der Waals surface area contributed by atoms with Crippen LogP contribution in [0, 0.1) is 0 Å². The standard InChI is InChI=1S/C16H27NO2/c1-4-5-15(17)16(18)11-8-13-6-9-14(10-7-13)19-12(2)3/h6-7,9-10,12,15-16,18H,4-5,8,11,17H2,1-3H3. The Balaban J connectivity index is 2.41. The lowest BCUT2D eigenvalue weighted by Gasteiger charge is -2.18. The minimum Gasteiger partial charge on any atom is -0.491 e. The second-order valence-corrected chi connectivity index (χ2v) is 5.37. The van der Waals surface area contributed by atoms with Gasteiger partial charge in [-0.1, -0.05) is 25.5 Å². The van der Waals surface area contributed by atoms with Crippen LogP contribution in [0.3, 0.4) is 0 Å². The van der Waals surface area contributed by atoms with Crippen molar-refractivity contribution in [3.05, 3.63) is 29.8 Å². The summed E-state index contributed by atoms with van der Waals surface area (Å²) in [5.41, 5.74) is 7.11. The fourth-order valence-electron chi connectivity index (χ4n) is 2.06. The third kappa shape index (κ3) is 6.08. The van der Waals surface area contributed by atoms with E-state index in [4.69, 9.17) is 10.5 Å². The average Bonchev–Trinajstić information content (AvgIpc) is 2.37. The van der Waals surface area contributed by atoms with Crippen molar-refractivity contribution in [2.24, 2.45) is 5.73 Å². The molecule has 0 fully saturated rings. The number of aliphatic hydroxyl groups is 1. The van der Waals surface area contributed by atoms with Crippen LogP contribution < -0.4 is 10.5 Å². The molecule has 1 aromatic carbocycles. The van der Waals surface area contributed by atoms with Crippen molar-refractivity contribution in [2.45, 2.75) is 64.7 Å². The van der Waals surface area contributed by atoms with Crippen molar-refractivity contribution in [1.29, 1.82) is 0 Å². The van der Waals surface area contributed by atoms with E-state index in [1.807, 2.05) is 26.0 Å². The van der Waals surface area contributed by atoms with Crippen LogP contribution in [0.15, 0.2) is 24.3 Å². The molecule has 2 atom stereocenters. The molecule has 1 aromatic rings. The van der Waals surface area contributed by atoms with Gasteiger partial charge in [0.05, 0.1) is 12.2 Å². The second-order valence-electron chi connectivity index (χ2n) is 5.37. The lowest BCUT2D eigenvalue weighted by molar-refractivity contribution is 0.131. The minimum atomic E-state index is -0.411. The van der Waals surface area contributed by atoms with E-state index in [1.165, 1.54) is 5.56 Å². The summed E-state index contributed by atoms with van der Waals surface area (Å²) in [6.45, 7) is 6.11. The lowest BCUT2D eigenvalue weighted by Crippen LogP contribution is -2.34. The fraction of sp³-hybridized carbons (Fsp3) is 0.625. The maximum atomic E-state index is 9.93. The van der Waals surface area contributed by atoms with E-state index in [2.05, 4.69) is 19.1 Å². The fourth-order valence-corrected chi connectivity index (χ4v) is 2.06. The van der Waals surface area contributed by atoms with Gasteiger partial charge >= 0.3 is 0 Å². The molecule has 0 aliphatic heterocycles. The summed E-state index contributed by atoms with van der Waals surface area (Å²) in [7, 11) is 0. The van der Waals surface area contributed by atoms with Gasteiger partial charge in [-0.15, -0.1) is 0 Å². The van der Waals surface area contributed by atoms with E-state index in [0.717, 1.165) is 25.0 Å². The molecule has 0 saturated carbocycles. The van der Waals surface area contributed by atoms with Gasteiger partial charge in [0.2, 0.25) is 0 Å². The Bertz CT molecular complexity index is 348. The van der Waals surface area contributed by atoms with E-state index < -0.39 is 6.10 Å². The van der Waals surface area contributed by atoms with Crippen molar-refractivity contribution in [3.8, 4) is 5.75 Å². The molecule has 0 amide bonds. The average molecular weight is 265 g/mol. The first-order valence-corrected chi connectivity index (χ1v) is 7.22. The van der Waals surface area contributed by atoms with Crippen molar-refractivity contribution < 1.29 is 9.84 Å². The quantitative estimate of drug-likeness (QED) is 0.760. The van der Waals surface area contributed by atoms with Gasteiger partial charge in [0.25, 0.3) is 0 Å². The molecular weight excluding hydrogens is 238 g/mol. The zero-order valence-corrected chi connectivity index (χ0v) is 12.3. The largest absolute Gasteiger partial charge is 0.491 e. The van der Waals surface area contributed by atoms with Crippen LogP contribution in [0.4, 0.5) is 0 Å². The van der Waals surface area contributed by atoms with Gasteiger partial charge in [0.1, 0.15) is 5.75 Å². The summed E-state index contributed by atoms with van der Waals surface area (Å²) >= 11 is 0. The number of nitrogens with two attached hydrogens (primary N) is 1. The monoisotopic (exact) mass is 265 g/mol. The summed E-state index contributed by atoms with van der Waals surface area (Å²) in [6, 6.07) is 7.96. The first kappa shape index (κ1) is 16.0. The zero-order chi connectivity index (χ0) is 14.3. The molecule has 0 aliphatic rings. The molecule has 2 unspecified atom stereocenters. The maximum absolute atomic E-state index is 9.93. The Morgan fingerprint density at radius 3 is 2.32 bits per heavy atom. The van der Waals surface area contributed by atoms with Crippen molar-refractivity contribution in [3.63, 3.8) is 0 Å². The van der Waals surface area contributed by atoms with Crippen molar-refractivity contribution >= 4 is 0 Å². The van der Waals surface area contributed by atoms with E-state index in [-0.39, 0.29) is 12.1 Å². The van der Waals surface area contributed by atoms with Gasteiger partial charge in [-0.2, -0.15) is 0 Å². The third-order valence-electron chi connectivity index (χ3n) is 3.14. The highest BCUT2D eigenvalue weighted by Crippen LogP contribution is 2.16. The molecule has 0 saturated heterocycles. The first-order valence-electron chi connectivity index (χ1n) is 7.22. The molecule has 19 heavy (non-hydrogen) atoms. The first-order chi connectivity index (χ1) is 9.02. The molecule has 3 heteroatoms. The predicted octanol–water partition coefficient (Wildman–Crippen LogP) is 2.89. The predicted molar refractivity (Wildman–Crippen MR) is 79.4 cm³/mol. The Morgan fingerprint density at radius 1 is 1.16 bits per heavy atom. The molecule has 0 aromatic heterocycles. The Kier molecular flexibility index (Phi) is 6.89. The van der Waals surface area contributed by atoms with E-state index in [0.29, 0.717) is 6.42 Å². The van der Waals surface area contributed by atoms with Crippen LogP contribution >= 0.6 is 0 Å². The molecule has 3 N–H and O–H groups in total. The number of benzene rings is 1. The normalized spacial score (nSPS) is 14.4. The van der Waals surface area contributed by atoms with Crippen LogP contribution in [0.1, 0.15) is 45.6 Å². The molecule has 0 heterocycles. The van der Waals surface area contributed by atoms with Gasteiger partial charge in [-0.3, -0.25) is 0 Å². The van der Waals surface area contributed by atoms with E-state index in [9.17, 15) is 5.11 Å². The summed E-state index contributed by atoms with van der Waals surface area (Å²) in [4.78, 5) is 0. The number of aryl methyl sites for hydroxylation is 1. The highest BCUT2D eigenvalue weighted by atomic mass is 16.5. The number of hydrogen-bond acceptors (Lipinski definition) is 3. The van der Waals surface area contributed by atoms with Gasteiger partial charge < -0.3 is 15.6 Å². The molecule has 0 radical (unpaired) electrons. The molecule has 1 rings (SSSR count). The Labute approximate surface area is 116 Å². The highest BCUT2D eigenvalue weighted by Gasteiger charge is 2.13. The molecular formula is C16H27NO2. The smallest absolute Gasteiger partial charge is 0.119 e. The Morgan fingerprint density at radius 2 is 1.79 bits per heavy atom. The van der Waals surface area contributed by atoms with E-state index in [1.54, 1.807) is 0 Å². The van der Waals surface area contributed by atoms with Gasteiger partial charge in [-0.25, -0.2) is 0 Å². The second kappa shape index (κ2) is 8.18. The van der Waals surface area contributed by atoms with Gasteiger partial charge in [0.15, 0.2) is 0 Å². The van der Waals surface area contributed by atoms with Gasteiger partial charge in [-0.05, 0) is 50.8 Å². The van der Waals surface area contributed by atoms with Crippen molar-refractivity contribution in [2.75, 3.05) is 0 Å². The number of rotatable bonds is 8. The number of ether oxygens (including phenoxy) is 1. The molecule has 0 aliphatic carbocycles. The van der Waals surface area contributed by atoms with Crippen LogP contribution in [0.5, 0.6) is 5.75 Å². The molecule has 3 nitrogen and oxygen atoms in total.